The Bertz CT molecular complexity index is 548. The largest absolute Gasteiger partial charge is 0.392 e. The van der Waals surface area contributed by atoms with Gasteiger partial charge in [0.2, 0.25) is 10.0 Å². The van der Waals surface area contributed by atoms with Crippen LogP contribution >= 0.6 is 50.7 Å². The maximum Gasteiger partial charge on any atom is 0.241 e. The first kappa shape index (κ1) is 15.1. The maximum atomic E-state index is 11.9. The summed E-state index contributed by atoms with van der Waals surface area (Å²) in [6.45, 7) is 1.45. The Kier molecular flexibility index (Phi) is 5.17. The summed E-state index contributed by atoms with van der Waals surface area (Å²) in [5.74, 6) is 0. The van der Waals surface area contributed by atoms with Crippen molar-refractivity contribution in [2.45, 2.75) is 12.2 Å². The lowest BCUT2D eigenvalue weighted by molar-refractivity contribution is 0.598. The Labute approximate surface area is 128 Å². The highest BCUT2D eigenvalue weighted by Crippen LogP contribution is 2.26. The zero-order valence-corrected chi connectivity index (χ0v) is 14.2. The predicted molar refractivity (Wildman–Crippen MR) is 85.6 cm³/mol. The Hall–Kier alpha value is 0.0700. The molecule has 17 heavy (non-hydrogen) atoms. The molecule has 3 N–H and O–H groups in total. The molecule has 1 rings (SSSR count). The Morgan fingerprint density at radius 3 is 2.71 bits per heavy atom. The summed E-state index contributed by atoms with van der Waals surface area (Å²) in [6.07, 6.45) is 0. The second-order valence-electron chi connectivity index (χ2n) is 3.32. The van der Waals surface area contributed by atoms with Gasteiger partial charge in [0.15, 0.2) is 0 Å². The quantitative estimate of drug-likeness (QED) is 0.548. The van der Waals surface area contributed by atoms with E-state index in [2.05, 4.69) is 55.5 Å². The van der Waals surface area contributed by atoms with Crippen molar-refractivity contribution in [3.05, 3.63) is 26.2 Å². The smallest absolute Gasteiger partial charge is 0.241 e. The van der Waals surface area contributed by atoms with Gasteiger partial charge in [-0.3, -0.25) is 4.72 Å². The summed E-state index contributed by atoms with van der Waals surface area (Å²) in [4.78, 5) is -0.0562. The molecule has 1 atom stereocenters. The highest BCUT2D eigenvalue weighted by molar-refractivity contribution is 14.1. The molecule has 4 nitrogen and oxygen atoms in total. The van der Waals surface area contributed by atoms with E-state index >= 15 is 0 Å². The highest BCUT2D eigenvalue weighted by atomic mass is 127. The first-order chi connectivity index (χ1) is 7.74. The zero-order chi connectivity index (χ0) is 13.2. The summed E-state index contributed by atoms with van der Waals surface area (Å²) < 4.78 is 27.9. The second kappa shape index (κ2) is 5.81. The van der Waals surface area contributed by atoms with Crippen LogP contribution in [-0.2, 0) is 10.0 Å². The van der Waals surface area contributed by atoms with E-state index in [0.29, 0.717) is 10.2 Å². The molecule has 8 heteroatoms. The molecule has 0 aliphatic carbocycles. The third-order valence-corrected chi connectivity index (χ3v) is 5.60. The van der Waals surface area contributed by atoms with Gasteiger partial charge in [0.05, 0.1) is 10.7 Å². The lowest BCUT2D eigenvalue weighted by Gasteiger charge is -2.14. The Morgan fingerprint density at radius 1 is 1.59 bits per heavy atom. The molecule has 1 aromatic carbocycles. The Morgan fingerprint density at radius 2 is 2.18 bits per heavy atom. The van der Waals surface area contributed by atoms with Gasteiger partial charge in [0.25, 0.3) is 0 Å². The van der Waals surface area contributed by atoms with E-state index in [0.717, 1.165) is 3.57 Å². The summed E-state index contributed by atoms with van der Waals surface area (Å²) in [7, 11) is -3.60. The molecule has 0 heterocycles. The van der Waals surface area contributed by atoms with Crippen LogP contribution < -0.4 is 10.5 Å². The zero-order valence-electron chi connectivity index (χ0n) is 8.78. The number of rotatable bonds is 4. The van der Waals surface area contributed by atoms with Gasteiger partial charge in [0.1, 0.15) is 5.25 Å². The van der Waals surface area contributed by atoms with Crippen molar-refractivity contribution in [3.8, 4) is 0 Å². The standard InChI is InChI=1S/C9H10BrIN2O2S2/c1-5(9(12)16)17(14,15)13-8-4-6(11)2-3-7(8)10/h2-5,13H,1H3,(H2,12,16). The van der Waals surface area contributed by atoms with Crippen LogP contribution in [0.2, 0.25) is 0 Å². The van der Waals surface area contributed by atoms with Crippen molar-refractivity contribution in [2.24, 2.45) is 5.73 Å². The monoisotopic (exact) mass is 448 g/mol. The average Bonchev–Trinajstić information content (AvgIpc) is 2.21. The SMILES string of the molecule is CC(C(N)=S)S(=O)(=O)Nc1cc(I)ccc1Br. The molecule has 0 aliphatic rings. The van der Waals surface area contributed by atoms with Crippen LogP contribution in [-0.4, -0.2) is 18.7 Å². The number of halogens is 2. The average molecular weight is 449 g/mol. The molecular weight excluding hydrogens is 439 g/mol. The van der Waals surface area contributed by atoms with Crippen molar-refractivity contribution in [1.29, 1.82) is 0 Å². The van der Waals surface area contributed by atoms with Crippen LogP contribution in [0.3, 0.4) is 0 Å². The van der Waals surface area contributed by atoms with E-state index in [9.17, 15) is 8.42 Å². The number of hydrogen-bond donors (Lipinski definition) is 2. The van der Waals surface area contributed by atoms with Crippen LogP contribution in [0.25, 0.3) is 0 Å². The van der Waals surface area contributed by atoms with Crippen LogP contribution in [0.5, 0.6) is 0 Å². The summed E-state index contributed by atoms with van der Waals surface area (Å²) in [6, 6.07) is 5.35. The minimum absolute atomic E-state index is 0.0562. The molecular formula is C9H10BrIN2O2S2. The highest BCUT2D eigenvalue weighted by Gasteiger charge is 2.23. The number of anilines is 1. The number of nitrogens with one attached hydrogen (secondary N) is 1. The van der Waals surface area contributed by atoms with Crippen LogP contribution in [0.15, 0.2) is 22.7 Å². The van der Waals surface area contributed by atoms with E-state index in [1.165, 1.54) is 6.92 Å². The van der Waals surface area contributed by atoms with Crippen molar-refractivity contribution in [3.63, 3.8) is 0 Å². The molecule has 0 amide bonds. The molecule has 0 radical (unpaired) electrons. The van der Waals surface area contributed by atoms with Gasteiger partial charge in [-0.05, 0) is 63.6 Å². The molecule has 1 unspecified atom stereocenters. The number of hydrogen-bond acceptors (Lipinski definition) is 3. The molecule has 0 aliphatic heterocycles. The van der Waals surface area contributed by atoms with Crippen molar-refractivity contribution < 1.29 is 8.42 Å². The minimum Gasteiger partial charge on any atom is -0.392 e. The van der Waals surface area contributed by atoms with Gasteiger partial charge in [-0.1, -0.05) is 12.2 Å². The third kappa shape index (κ3) is 4.04. The molecule has 0 saturated heterocycles. The van der Waals surface area contributed by atoms with Crippen molar-refractivity contribution >= 4 is 71.4 Å². The first-order valence-corrected chi connectivity index (χ1v) is 8.32. The van der Waals surface area contributed by atoms with Gasteiger partial charge >= 0.3 is 0 Å². The maximum absolute atomic E-state index is 11.9. The molecule has 1 aromatic rings. The number of nitrogens with two attached hydrogens (primary N) is 1. The molecule has 94 valence electrons. The van der Waals surface area contributed by atoms with E-state index < -0.39 is 15.3 Å². The van der Waals surface area contributed by atoms with Crippen LogP contribution in [0.1, 0.15) is 6.92 Å². The molecule has 0 saturated carbocycles. The molecule has 0 spiro atoms. The third-order valence-electron chi connectivity index (χ3n) is 2.05. The summed E-state index contributed by atoms with van der Waals surface area (Å²) >= 11 is 10.1. The van der Waals surface area contributed by atoms with Crippen LogP contribution in [0, 0.1) is 3.57 Å². The van der Waals surface area contributed by atoms with Gasteiger partial charge in [-0.15, -0.1) is 0 Å². The predicted octanol–water partition coefficient (Wildman–Crippen LogP) is 2.47. The van der Waals surface area contributed by atoms with Crippen molar-refractivity contribution in [1.82, 2.24) is 0 Å². The first-order valence-electron chi connectivity index (χ1n) is 4.50. The fraction of sp³-hybridized carbons (Fsp3) is 0.222. The number of benzene rings is 1. The fourth-order valence-electron chi connectivity index (χ4n) is 0.970. The molecule has 0 bridgehead atoms. The lowest BCUT2D eigenvalue weighted by Crippen LogP contribution is -2.35. The van der Waals surface area contributed by atoms with Gasteiger partial charge in [0, 0.05) is 8.04 Å². The Balaban J connectivity index is 3.06. The van der Waals surface area contributed by atoms with E-state index in [-0.39, 0.29) is 4.99 Å². The lowest BCUT2D eigenvalue weighted by atomic mass is 10.3. The molecule has 0 fully saturated rings. The van der Waals surface area contributed by atoms with E-state index in [4.69, 9.17) is 5.73 Å². The van der Waals surface area contributed by atoms with Gasteiger partial charge in [-0.25, -0.2) is 8.42 Å². The fourth-order valence-corrected chi connectivity index (χ4v) is 3.28. The molecule has 0 aromatic heterocycles. The normalized spacial score (nSPS) is 13.1. The summed E-state index contributed by atoms with van der Waals surface area (Å²) in [5, 5.41) is -0.915. The number of sulfonamides is 1. The number of thiocarbonyl (C=S) groups is 1. The summed E-state index contributed by atoms with van der Waals surface area (Å²) in [5.41, 5.74) is 5.81. The van der Waals surface area contributed by atoms with Gasteiger partial charge in [-0.2, -0.15) is 0 Å². The minimum atomic E-state index is -3.60. The van der Waals surface area contributed by atoms with Gasteiger partial charge < -0.3 is 5.73 Å². The van der Waals surface area contributed by atoms with Crippen molar-refractivity contribution in [2.75, 3.05) is 4.72 Å². The van der Waals surface area contributed by atoms with Crippen LogP contribution in [0.4, 0.5) is 5.69 Å². The van der Waals surface area contributed by atoms with E-state index in [1.54, 1.807) is 12.1 Å². The topological polar surface area (TPSA) is 72.2 Å². The van der Waals surface area contributed by atoms with E-state index in [1.807, 2.05) is 6.07 Å². The second-order valence-corrected chi connectivity index (χ2v) is 7.89.